The molecular weight excluding hydrogens is 391 g/mol. The van der Waals surface area contributed by atoms with Crippen LogP contribution in [0.1, 0.15) is 48.3 Å². The summed E-state index contributed by atoms with van der Waals surface area (Å²) in [6.07, 6.45) is 3.03. The molecule has 5 nitrogen and oxygen atoms in total. The second kappa shape index (κ2) is 9.18. The van der Waals surface area contributed by atoms with E-state index in [2.05, 4.69) is 36.2 Å². The highest BCUT2D eigenvalue weighted by molar-refractivity contribution is 5.84. The van der Waals surface area contributed by atoms with E-state index >= 15 is 0 Å². The number of carbonyl (C=O) groups excluding carboxylic acids is 1. The SMILES string of the molecule is Cc1cc2nc(Cc3ccc(F)cc3)n(C(C)C(=O)NCCN3CCCC3)c2cc1C. The molecule has 0 saturated carbocycles. The van der Waals surface area contributed by atoms with Gasteiger partial charge in [-0.05, 0) is 87.7 Å². The van der Waals surface area contributed by atoms with Gasteiger partial charge in [0.2, 0.25) is 5.91 Å². The molecule has 0 bridgehead atoms. The number of amides is 1. The lowest BCUT2D eigenvalue weighted by atomic mass is 10.1. The van der Waals surface area contributed by atoms with Gasteiger partial charge in [0.25, 0.3) is 0 Å². The molecule has 1 aliphatic heterocycles. The van der Waals surface area contributed by atoms with Crippen LogP contribution in [-0.4, -0.2) is 46.5 Å². The first-order valence-corrected chi connectivity index (χ1v) is 11.1. The number of likely N-dealkylation sites (tertiary alicyclic amines) is 1. The van der Waals surface area contributed by atoms with E-state index in [1.165, 1.54) is 36.1 Å². The molecule has 1 amide bonds. The standard InChI is InChI=1S/C25H31FN4O/c1-17-14-22-23(15-18(17)2)30(24(28-22)16-20-6-8-21(26)9-7-20)19(3)25(31)27-10-13-29-11-4-5-12-29/h6-9,14-15,19H,4-5,10-13,16H2,1-3H3,(H,27,31). The van der Waals surface area contributed by atoms with Crippen molar-refractivity contribution in [1.82, 2.24) is 19.8 Å². The van der Waals surface area contributed by atoms with Crippen LogP contribution in [0.2, 0.25) is 0 Å². The molecule has 0 aliphatic carbocycles. The van der Waals surface area contributed by atoms with Crippen LogP contribution in [0.5, 0.6) is 0 Å². The minimum atomic E-state index is -0.388. The van der Waals surface area contributed by atoms with E-state index in [-0.39, 0.29) is 17.8 Å². The Morgan fingerprint density at radius 2 is 1.81 bits per heavy atom. The quantitative estimate of drug-likeness (QED) is 0.622. The van der Waals surface area contributed by atoms with Gasteiger partial charge in [0, 0.05) is 19.5 Å². The summed E-state index contributed by atoms with van der Waals surface area (Å²) >= 11 is 0. The van der Waals surface area contributed by atoms with Crippen LogP contribution >= 0.6 is 0 Å². The molecule has 0 radical (unpaired) electrons. The normalized spacial score (nSPS) is 15.5. The molecule has 164 valence electrons. The maximum Gasteiger partial charge on any atom is 0.242 e. The fourth-order valence-corrected chi connectivity index (χ4v) is 4.35. The summed E-state index contributed by atoms with van der Waals surface area (Å²) in [4.78, 5) is 20.3. The van der Waals surface area contributed by atoms with Gasteiger partial charge in [-0.15, -0.1) is 0 Å². The number of aromatic nitrogens is 2. The summed E-state index contributed by atoms with van der Waals surface area (Å²) in [7, 11) is 0. The van der Waals surface area contributed by atoms with E-state index in [1.807, 2.05) is 11.5 Å². The Bertz CT molecular complexity index is 1070. The van der Waals surface area contributed by atoms with Gasteiger partial charge in [0.05, 0.1) is 11.0 Å². The average Bonchev–Trinajstić information content (AvgIpc) is 3.37. The lowest BCUT2D eigenvalue weighted by Crippen LogP contribution is -2.37. The summed E-state index contributed by atoms with van der Waals surface area (Å²) in [6, 6.07) is 10.3. The summed E-state index contributed by atoms with van der Waals surface area (Å²) in [5, 5.41) is 3.11. The lowest BCUT2D eigenvalue weighted by Gasteiger charge is -2.20. The monoisotopic (exact) mass is 422 g/mol. The fraction of sp³-hybridized carbons (Fsp3) is 0.440. The summed E-state index contributed by atoms with van der Waals surface area (Å²) in [6.45, 7) is 9.87. The molecule has 1 aromatic heterocycles. The molecular formula is C25H31FN4O. The second-order valence-electron chi connectivity index (χ2n) is 8.64. The van der Waals surface area contributed by atoms with E-state index < -0.39 is 0 Å². The average molecular weight is 423 g/mol. The molecule has 3 aromatic rings. The van der Waals surface area contributed by atoms with Crippen molar-refractivity contribution in [3.63, 3.8) is 0 Å². The zero-order valence-corrected chi connectivity index (χ0v) is 18.6. The molecule has 2 heterocycles. The Labute approximate surface area is 183 Å². The first-order valence-electron chi connectivity index (χ1n) is 11.1. The van der Waals surface area contributed by atoms with E-state index in [1.54, 1.807) is 12.1 Å². The molecule has 6 heteroatoms. The van der Waals surface area contributed by atoms with Gasteiger partial charge in [-0.2, -0.15) is 0 Å². The van der Waals surface area contributed by atoms with E-state index in [0.29, 0.717) is 13.0 Å². The van der Waals surface area contributed by atoms with E-state index in [9.17, 15) is 9.18 Å². The smallest absolute Gasteiger partial charge is 0.242 e. The van der Waals surface area contributed by atoms with Crippen LogP contribution in [-0.2, 0) is 11.2 Å². The van der Waals surface area contributed by atoms with Crippen molar-refractivity contribution >= 4 is 16.9 Å². The van der Waals surface area contributed by atoms with Crippen molar-refractivity contribution in [2.24, 2.45) is 0 Å². The Balaban J connectivity index is 1.60. The van der Waals surface area contributed by atoms with Crippen molar-refractivity contribution in [2.75, 3.05) is 26.2 Å². The zero-order chi connectivity index (χ0) is 22.0. The first-order chi connectivity index (χ1) is 14.9. The zero-order valence-electron chi connectivity index (χ0n) is 18.6. The van der Waals surface area contributed by atoms with E-state index in [0.717, 1.165) is 42.1 Å². The van der Waals surface area contributed by atoms with Gasteiger partial charge in [-0.25, -0.2) is 9.37 Å². The molecule has 2 aromatic carbocycles. The van der Waals surface area contributed by atoms with Crippen molar-refractivity contribution < 1.29 is 9.18 Å². The van der Waals surface area contributed by atoms with Crippen molar-refractivity contribution in [2.45, 2.75) is 46.1 Å². The molecule has 1 N–H and O–H groups in total. The summed E-state index contributed by atoms with van der Waals surface area (Å²) in [5.41, 5.74) is 5.16. The van der Waals surface area contributed by atoms with Crippen LogP contribution in [0, 0.1) is 19.7 Å². The van der Waals surface area contributed by atoms with Crippen LogP contribution in [0.15, 0.2) is 36.4 Å². The largest absolute Gasteiger partial charge is 0.353 e. The van der Waals surface area contributed by atoms with Crippen LogP contribution in [0.3, 0.4) is 0 Å². The van der Waals surface area contributed by atoms with Gasteiger partial charge in [-0.1, -0.05) is 12.1 Å². The number of fused-ring (bicyclic) bond motifs is 1. The van der Waals surface area contributed by atoms with E-state index in [4.69, 9.17) is 4.98 Å². The lowest BCUT2D eigenvalue weighted by molar-refractivity contribution is -0.123. The number of halogens is 1. The molecule has 1 aliphatic rings. The van der Waals surface area contributed by atoms with Crippen molar-refractivity contribution in [1.29, 1.82) is 0 Å². The van der Waals surface area contributed by atoms with Gasteiger partial charge in [0.1, 0.15) is 17.7 Å². The molecule has 31 heavy (non-hydrogen) atoms. The molecule has 1 saturated heterocycles. The summed E-state index contributed by atoms with van der Waals surface area (Å²) in [5.74, 6) is 0.556. The predicted octanol–water partition coefficient (Wildman–Crippen LogP) is 4.16. The predicted molar refractivity (Wildman–Crippen MR) is 122 cm³/mol. The number of hydrogen-bond acceptors (Lipinski definition) is 3. The number of carbonyl (C=O) groups is 1. The molecule has 0 spiro atoms. The Morgan fingerprint density at radius 1 is 1.13 bits per heavy atom. The van der Waals surface area contributed by atoms with Crippen LogP contribution in [0.25, 0.3) is 11.0 Å². The number of nitrogens with one attached hydrogen (secondary N) is 1. The molecule has 4 rings (SSSR count). The maximum absolute atomic E-state index is 13.3. The van der Waals surface area contributed by atoms with Crippen molar-refractivity contribution in [3.05, 3.63) is 64.7 Å². The van der Waals surface area contributed by atoms with Gasteiger partial charge in [0.15, 0.2) is 0 Å². The third-order valence-corrected chi connectivity index (χ3v) is 6.35. The van der Waals surface area contributed by atoms with Crippen LogP contribution in [0.4, 0.5) is 4.39 Å². The first kappa shape index (κ1) is 21.5. The molecule has 1 unspecified atom stereocenters. The Kier molecular flexibility index (Phi) is 6.37. The highest BCUT2D eigenvalue weighted by atomic mass is 19.1. The Hall–Kier alpha value is -2.73. The number of hydrogen-bond donors (Lipinski definition) is 1. The third-order valence-electron chi connectivity index (χ3n) is 6.35. The fourth-order valence-electron chi connectivity index (χ4n) is 4.35. The number of benzene rings is 2. The number of nitrogens with zero attached hydrogens (tertiary/aromatic N) is 3. The highest BCUT2D eigenvalue weighted by Gasteiger charge is 2.22. The number of rotatable bonds is 7. The van der Waals surface area contributed by atoms with Crippen molar-refractivity contribution in [3.8, 4) is 0 Å². The maximum atomic E-state index is 13.3. The van der Waals surface area contributed by atoms with Gasteiger partial charge >= 0.3 is 0 Å². The highest BCUT2D eigenvalue weighted by Crippen LogP contribution is 2.26. The minimum Gasteiger partial charge on any atom is -0.353 e. The van der Waals surface area contributed by atoms with Gasteiger partial charge < -0.3 is 14.8 Å². The summed E-state index contributed by atoms with van der Waals surface area (Å²) < 4.78 is 15.4. The van der Waals surface area contributed by atoms with Crippen LogP contribution < -0.4 is 5.32 Å². The number of aryl methyl sites for hydroxylation is 2. The molecule has 1 fully saturated rings. The minimum absolute atomic E-state index is 0.00270. The second-order valence-corrected chi connectivity index (χ2v) is 8.64. The number of imidazole rings is 1. The topological polar surface area (TPSA) is 50.2 Å². The Morgan fingerprint density at radius 3 is 2.52 bits per heavy atom. The van der Waals surface area contributed by atoms with Gasteiger partial charge in [-0.3, -0.25) is 4.79 Å². The molecule has 1 atom stereocenters. The third kappa shape index (κ3) is 4.79.